The topological polar surface area (TPSA) is 66.5 Å². The van der Waals surface area contributed by atoms with Crippen molar-refractivity contribution in [2.75, 3.05) is 13.6 Å². The Labute approximate surface area is 118 Å². The minimum Gasteiger partial charge on any atom is -0.354 e. The number of nitrogens with zero attached hydrogens (tertiary/aromatic N) is 1. The molecule has 1 aromatic heterocycles. The summed E-state index contributed by atoms with van der Waals surface area (Å²) in [6.07, 6.45) is 0.849. The minimum absolute atomic E-state index is 0.0445. The van der Waals surface area contributed by atoms with E-state index in [1.54, 1.807) is 17.5 Å². The standard InChI is InChI=1S/C12H20N2O3S2/c1-10(2)13-11(15)6-4-8-14(3)19(16,17)12-7-5-9-18-12/h5,7,9-10H,4,6,8H2,1-3H3,(H,13,15). The first-order chi connectivity index (χ1) is 8.84. The van der Waals surface area contributed by atoms with Gasteiger partial charge in [-0.2, -0.15) is 0 Å². The molecule has 0 saturated carbocycles. The Morgan fingerprint density at radius 3 is 2.68 bits per heavy atom. The highest BCUT2D eigenvalue weighted by Gasteiger charge is 2.21. The summed E-state index contributed by atoms with van der Waals surface area (Å²) in [5, 5.41) is 4.51. The van der Waals surface area contributed by atoms with Crippen molar-refractivity contribution in [3.8, 4) is 0 Å². The first-order valence-corrected chi connectivity index (χ1v) is 8.45. The van der Waals surface area contributed by atoms with Crippen LogP contribution in [0.3, 0.4) is 0 Å². The zero-order valence-electron chi connectivity index (χ0n) is 11.4. The average molecular weight is 304 g/mol. The molecule has 0 bridgehead atoms. The van der Waals surface area contributed by atoms with E-state index in [1.807, 2.05) is 13.8 Å². The molecule has 108 valence electrons. The summed E-state index contributed by atoms with van der Waals surface area (Å²) in [6, 6.07) is 3.41. The summed E-state index contributed by atoms with van der Waals surface area (Å²) in [7, 11) is -1.86. The Kier molecular flexibility index (Phi) is 5.96. The summed E-state index contributed by atoms with van der Waals surface area (Å²) in [5.41, 5.74) is 0. The van der Waals surface area contributed by atoms with Gasteiger partial charge in [-0.05, 0) is 31.7 Å². The van der Waals surface area contributed by atoms with Crippen molar-refractivity contribution in [2.24, 2.45) is 0 Å². The molecule has 5 nitrogen and oxygen atoms in total. The summed E-state index contributed by atoms with van der Waals surface area (Å²) >= 11 is 1.20. The predicted molar refractivity (Wildman–Crippen MR) is 76.6 cm³/mol. The fourth-order valence-electron chi connectivity index (χ4n) is 1.54. The molecule has 1 amide bonds. The zero-order chi connectivity index (χ0) is 14.5. The van der Waals surface area contributed by atoms with Crippen molar-refractivity contribution in [1.29, 1.82) is 0 Å². The van der Waals surface area contributed by atoms with Gasteiger partial charge in [-0.1, -0.05) is 6.07 Å². The van der Waals surface area contributed by atoms with E-state index < -0.39 is 10.0 Å². The molecule has 1 heterocycles. The van der Waals surface area contributed by atoms with Gasteiger partial charge in [0.1, 0.15) is 4.21 Å². The molecule has 1 rings (SSSR count). The monoisotopic (exact) mass is 304 g/mol. The maximum Gasteiger partial charge on any atom is 0.252 e. The van der Waals surface area contributed by atoms with E-state index in [0.29, 0.717) is 23.6 Å². The molecule has 0 saturated heterocycles. The van der Waals surface area contributed by atoms with Crippen LogP contribution in [0.5, 0.6) is 0 Å². The van der Waals surface area contributed by atoms with Crippen LogP contribution >= 0.6 is 11.3 Å². The lowest BCUT2D eigenvalue weighted by Gasteiger charge is -2.16. The first-order valence-electron chi connectivity index (χ1n) is 6.13. The first kappa shape index (κ1) is 16.1. The molecule has 0 aliphatic carbocycles. The molecule has 0 unspecified atom stereocenters. The lowest BCUT2D eigenvalue weighted by atomic mass is 10.3. The number of hydrogen-bond acceptors (Lipinski definition) is 4. The van der Waals surface area contributed by atoms with Crippen molar-refractivity contribution in [2.45, 2.75) is 36.9 Å². The Morgan fingerprint density at radius 1 is 1.47 bits per heavy atom. The molecule has 1 aromatic rings. The fraction of sp³-hybridized carbons (Fsp3) is 0.583. The van der Waals surface area contributed by atoms with Gasteiger partial charge >= 0.3 is 0 Å². The molecule has 0 fully saturated rings. The van der Waals surface area contributed by atoms with E-state index in [-0.39, 0.29) is 11.9 Å². The average Bonchev–Trinajstić information content (AvgIpc) is 2.81. The maximum absolute atomic E-state index is 12.1. The Hall–Kier alpha value is -0.920. The van der Waals surface area contributed by atoms with Crippen LogP contribution in [0.15, 0.2) is 21.7 Å². The Balaban J connectivity index is 2.44. The molecule has 19 heavy (non-hydrogen) atoms. The summed E-state index contributed by atoms with van der Waals surface area (Å²) in [4.78, 5) is 11.4. The summed E-state index contributed by atoms with van der Waals surface area (Å²) in [5.74, 6) is -0.0445. The second-order valence-electron chi connectivity index (χ2n) is 4.58. The fourth-order valence-corrected chi connectivity index (χ4v) is 3.95. The van der Waals surface area contributed by atoms with Crippen LogP contribution in [0.4, 0.5) is 0 Å². The van der Waals surface area contributed by atoms with Gasteiger partial charge in [-0.25, -0.2) is 12.7 Å². The number of carbonyl (C=O) groups excluding carboxylic acids is 1. The third-order valence-corrected chi connectivity index (χ3v) is 5.72. The second kappa shape index (κ2) is 7.02. The van der Waals surface area contributed by atoms with Crippen LogP contribution in [0.1, 0.15) is 26.7 Å². The number of thiophene rings is 1. The highest BCUT2D eigenvalue weighted by Crippen LogP contribution is 2.19. The van der Waals surface area contributed by atoms with Crippen LogP contribution in [0.25, 0.3) is 0 Å². The van der Waals surface area contributed by atoms with Gasteiger partial charge in [-0.3, -0.25) is 4.79 Å². The van der Waals surface area contributed by atoms with E-state index in [9.17, 15) is 13.2 Å². The molecule has 0 spiro atoms. The van der Waals surface area contributed by atoms with Gasteiger partial charge in [0.05, 0.1) is 0 Å². The minimum atomic E-state index is -3.40. The molecular weight excluding hydrogens is 284 g/mol. The normalized spacial score (nSPS) is 12.1. The van der Waals surface area contributed by atoms with Crippen molar-refractivity contribution in [3.05, 3.63) is 17.5 Å². The molecule has 0 aliphatic heterocycles. The molecule has 0 aliphatic rings. The smallest absolute Gasteiger partial charge is 0.252 e. The number of carbonyl (C=O) groups is 1. The number of sulfonamides is 1. The summed E-state index contributed by atoms with van der Waals surface area (Å²) in [6.45, 7) is 4.13. The van der Waals surface area contributed by atoms with E-state index in [4.69, 9.17) is 0 Å². The highest BCUT2D eigenvalue weighted by atomic mass is 32.2. The number of rotatable bonds is 7. The van der Waals surface area contributed by atoms with Gasteiger partial charge in [0, 0.05) is 26.1 Å². The quantitative estimate of drug-likeness (QED) is 0.833. The molecule has 0 radical (unpaired) electrons. The van der Waals surface area contributed by atoms with Gasteiger partial charge in [-0.15, -0.1) is 11.3 Å². The van der Waals surface area contributed by atoms with E-state index in [2.05, 4.69) is 5.32 Å². The number of nitrogens with one attached hydrogen (secondary N) is 1. The van der Waals surface area contributed by atoms with E-state index in [1.165, 1.54) is 22.7 Å². The second-order valence-corrected chi connectivity index (χ2v) is 7.80. The van der Waals surface area contributed by atoms with Crippen molar-refractivity contribution in [1.82, 2.24) is 9.62 Å². The van der Waals surface area contributed by atoms with Gasteiger partial charge in [0.25, 0.3) is 10.0 Å². The predicted octanol–water partition coefficient (Wildman–Crippen LogP) is 1.67. The van der Waals surface area contributed by atoms with E-state index in [0.717, 1.165) is 0 Å². The SMILES string of the molecule is CC(C)NC(=O)CCCN(C)S(=O)(=O)c1cccs1. The Morgan fingerprint density at radius 2 is 2.16 bits per heavy atom. The molecule has 0 atom stereocenters. The maximum atomic E-state index is 12.1. The van der Waals surface area contributed by atoms with Crippen LogP contribution in [-0.2, 0) is 14.8 Å². The highest BCUT2D eigenvalue weighted by molar-refractivity contribution is 7.91. The molecule has 1 N–H and O–H groups in total. The lowest BCUT2D eigenvalue weighted by Crippen LogP contribution is -2.32. The van der Waals surface area contributed by atoms with Crippen molar-refractivity contribution >= 4 is 27.3 Å². The van der Waals surface area contributed by atoms with Crippen LogP contribution in [0, 0.1) is 0 Å². The van der Waals surface area contributed by atoms with Gasteiger partial charge < -0.3 is 5.32 Å². The summed E-state index contributed by atoms with van der Waals surface area (Å²) < 4.78 is 25.8. The van der Waals surface area contributed by atoms with Gasteiger partial charge in [0.2, 0.25) is 5.91 Å². The third-order valence-electron chi connectivity index (χ3n) is 2.49. The van der Waals surface area contributed by atoms with Gasteiger partial charge in [0.15, 0.2) is 0 Å². The largest absolute Gasteiger partial charge is 0.354 e. The number of amides is 1. The van der Waals surface area contributed by atoms with Crippen LogP contribution < -0.4 is 5.32 Å². The molecule has 7 heteroatoms. The Bertz CT molecular complexity index is 495. The van der Waals surface area contributed by atoms with Crippen LogP contribution in [0.2, 0.25) is 0 Å². The third kappa shape index (κ3) is 4.93. The van der Waals surface area contributed by atoms with E-state index >= 15 is 0 Å². The molecular formula is C12H20N2O3S2. The molecule has 0 aromatic carbocycles. The lowest BCUT2D eigenvalue weighted by molar-refractivity contribution is -0.121. The van der Waals surface area contributed by atoms with Crippen LogP contribution in [-0.4, -0.2) is 38.3 Å². The van der Waals surface area contributed by atoms with Crippen molar-refractivity contribution < 1.29 is 13.2 Å². The van der Waals surface area contributed by atoms with Crippen molar-refractivity contribution in [3.63, 3.8) is 0 Å². The number of hydrogen-bond donors (Lipinski definition) is 1. The zero-order valence-corrected chi connectivity index (χ0v) is 13.1.